The summed E-state index contributed by atoms with van der Waals surface area (Å²) in [4.78, 5) is 20.8. The maximum Gasteiger partial charge on any atom is 0.310 e. The molecule has 1 amide bonds. The summed E-state index contributed by atoms with van der Waals surface area (Å²) in [6.07, 6.45) is 0.0532. The standard InChI is InChI=1S/C9H10N2O4/c1-10-9(13)5-6-2-3-8(12)7(4-6)11(14)15/h2-4,12H,5H2,1H3,(H,10,13). The number of hydrogen-bond acceptors (Lipinski definition) is 4. The normalized spacial score (nSPS) is 9.67. The van der Waals surface area contributed by atoms with Crippen LogP contribution in [0, 0.1) is 10.1 Å². The number of nitrogens with zero attached hydrogens (tertiary/aromatic N) is 1. The number of carbonyl (C=O) groups is 1. The summed E-state index contributed by atoms with van der Waals surface area (Å²) >= 11 is 0. The van der Waals surface area contributed by atoms with Crippen molar-refractivity contribution in [1.82, 2.24) is 5.32 Å². The van der Waals surface area contributed by atoms with E-state index in [-0.39, 0.29) is 12.3 Å². The van der Waals surface area contributed by atoms with E-state index in [0.717, 1.165) is 0 Å². The summed E-state index contributed by atoms with van der Waals surface area (Å²) in [5.74, 6) is -0.643. The Labute approximate surface area is 85.7 Å². The molecule has 0 atom stereocenters. The lowest BCUT2D eigenvalue weighted by molar-refractivity contribution is -0.385. The Balaban J connectivity index is 2.97. The second-order valence-corrected chi connectivity index (χ2v) is 2.93. The Morgan fingerprint density at radius 1 is 1.60 bits per heavy atom. The lowest BCUT2D eigenvalue weighted by atomic mass is 10.1. The predicted octanol–water partition coefficient (Wildman–Crippen LogP) is 0.589. The molecule has 0 heterocycles. The minimum absolute atomic E-state index is 0.0532. The van der Waals surface area contributed by atoms with Crippen molar-refractivity contribution < 1.29 is 14.8 Å². The number of rotatable bonds is 3. The maximum atomic E-state index is 11.0. The van der Waals surface area contributed by atoms with Gasteiger partial charge in [0.05, 0.1) is 11.3 Å². The highest BCUT2D eigenvalue weighted by molar-refractivity contribution is 5.78. The molecule has 0 spiro atoms. The van der Waals surface area contributed by atoms with Crippen LogP contribution in [0.1, 0.15) is 5.56 Å². The summed E-state index contributed by atoms with van der Waals surface area (Å²) in [6.45, 7) is 0. The van der Waals surface area contributed by atoms with E-state index in [9.17, 15) is 14.9 Å². The van der Waals surface area contributed by atoms with Crippen LogP contribution in [-0.2, 0) is 11.2 Å². The molecule has 6 heteroatoms. The third-order valence-electron chi connectivity index (χ3n) is 1.88. The largest absolute Gasteiger partial charge is 0.502 e. The molecule has 0 aliphatic heterocycles. The second kappa shape index (κ2) is 4.41. The fourth-order valence-electron chi connectivity index (χ4n) is 1.10. The number of nitro benzene ring substituents is 1. The van der Waals surface area contributed by atoms with Crippen LogP contribution in [0.15, 0.2) is 18.2 Å². The van der Waals surface area contributed by atoms with Gasteiger partial charge in [-0.2, -0.15) is 0 Å². The molecule has 15 heavy (non-hydrogen) atoms. The molecule has 0 saturated heterocycles. The van der Waals surface area contributed by atoms with Gasteiger partial charge < -0.3 is 10.4 Å². The van der Waals surface area contributed by atoms with Crippen LogP contribution >= 0.6 is 0 Å². The monoisotopic (exact) mass is 210 g/mol. The van der Waals surface area contributed by atoms with Crippen LogP contribution in [-0.4, -0.2) is 23.0 Å². The number of phenolic OH excluding ortho intramolecular Hbond substituents is 1. The maximum absolute atomic E-state index is 11.0. The molecule has 0 unspecified atom stereocenters. The molecular weight excluding hydrogens is 200 g/mol. The molecule has 0 aliphatic rings. The first-order valence-electron chi connectivity index (χ1n) is 4.21. The highest BCUT2D eigenvalue weighted by Gasteiger charge is 2.14. The third kappa shape index (κ3) is 2.67. The molecule has 2 N–H and O–H groups in total. The Morgan fingerprint density at radius 2 is 2.27 bits per heavy atom. The molecule has 6 nitrogen and oxygen atoms in total. The molecule has 80 valence electrons. The number of nitro groups is 1. The van der Waals surface area contributed by atoms with Gasteiger partial charge >= 0.3 is 5.69 Å². The molecule has 0 saturated carbocycles. The van der Waals surface area contributed by atoms with Gasteiger partial charge in [-0.05, 0) is 11.6 Å². The first-order valence-corrected chi connectivity index (χ1v) is 4.21. The Hall–Kier alpha value is -2.11. The SMILES string of the molecule is CNC(=O)Cc1ccc(O)c([N+](=O)[O-])c1. The molecule has 0 bridgehead atoms. The molecule has 0 aromatic heterocycles. The summed E-state index contributed by atoms with van der Waals surface area (Å²) in [7, 11) is 1.48. The van der Waals surface area contributed by atoms with Gasteiger partial charge in [-0.25, -0.2) is 0 Å². The quantitative estimate of drug-likeness (QED) is 0.564. The Kier molecular flexibility index (Phi) is 3.22. The molecular formula is C9H10N2O4. The number of hydrogen-bond donors (Lipinski definition) is 2. The summed E-state index contributed by atoms with van der Waals surface area (Å²) in [5.41, 5.74) is 0.0928. The zero-order chi connectivity index (χ0) is 11.4. The molecule has 1 rings (SSSR count). The van der Waals surface area contributed by atoms with E-state index in [1.807, 2.05) is 0 Å². The summed E-state index contributed by atoms with van der Waals surface area (Å²) in [6, 6.07) is 3.86. The first kappa shape index (κ1) is 11.0. The minimum Gasteiger partial charge on any atom is -0.502 e. The van der Waals surface area contributed by atoms with Gasteiger partial charge in [0, 0.05) is 13.1 Å². The summed E-state index contributed by atoms with van der Waals surface area (Å²) in [5, 5.41) is 22.0. The highest BCUT2D eigenvalue weighted by Crippen LogP contribution is 2.26. The number of phenols is 1. The second-order valence-electron chi connectivity index (χ2n) is 2.93. The van der Waals surface area contributed by atoms with E-state index in [4.69, 9.17) is 5.11 Å². The van der Waals surface area contributed by atoms with Gasteiger partial charge in [0.15, 0.2) is 5.75 Å². The average molecular weight is 210 g/mol. The van der Waals surface area contributed by atoms with Gasteiger partial charge in [-0.3, -0.25) is 14.9 Å². The summed E-state index contributed by atoms with van der Waals surface area (Å²) < 4.78 is 0. The van der Waals surface area contributed by atoms with Gasteiger partial charge in [-0.15, -0.1) is 0 Å². The van der Waals surface area contributed by atoms with Crippen molar-refractivity contribution in [3.8, 4) is 5.75 Å². The van der Waals surface area contributed by atoms with Crippen LogP contribution in [0.2, 0.25) is 0 Å². The van der Waals surface area contributed by atoms with Gasteiger partial charge in [0.1, 0.15) is 0 Å². The first-order chi connectivity index (χ1) is 7.04. The fourth-order valence-corrected chi connectivity index (χ4v) is 1.10. The zero-order valence-corrected chi connectivity index (χ0v) is 8.06. The van der Waals surface area contributed by atoms with Crippen LogP contribution in [0.25, 0.3) is 0 Å². The number of amides is 1. The van der Waals surface area contributed by atoms with E-state index >= 15 is 0 Å². The lowest BCUT2D eigenvalue weighted by Gasteiger charge is -2.01. The van der Waals surface area contributed by atoms with Gasteiger partial charge in [0.2, 0.25) is 5.91 Å². The predicted molar refractivity (Wildman–Crippen MR) is 52.5 cm³/mol. The third-order valence-corrected chi connectivity index (χ3v) is 1.88. The molecule has 1 aromatic rings. The van der Waals surface area contributed by atoms with Gasteiger partial charge in [-0.1, -0.05) is 6.07 Å². The smallest absolute Gasteiger partial charge is 0.310 e. The van der Waals surface area contributed by atoms with E-state index in [1.54, 1.807) is 0 Å². The molecule has 0 aliphatic carbocycles. The Morgan fingerprint density at radius 3 is 2.80 bits per heavy atom. The van der Waals surface area contributed by atoms with E-state index < -0.39 is 16.4 Å². The van der Waals surface area contributed by atoms with Gasteiger partial charge in [0.25, 0.3) is 0 Å². The van der Waals surface area contributed by atoms with Crippen molar-refractivity contribution in [2.45, 2.75) is 6.42 Å². The van der Waals surface area contributed by atoms with Crippen LogP contribution in [0.3, 0.4) is 0 Å². The van der Waals surface area contributed by atoms with Crippen molar-refractivity contribution in [2.24, 2.45) is 0 Å². The van der Waals surface area contributed by atoms with Crippen molar-refractivity contribution in [1.29, 1.82) is 0 Å². The minimum atomic E-state index is -0.692. The lowest BCUT2D eigenvalue weighted by Crippen LogP contribution is -2.19. The highest BCUT2D eigenvalue weighted by atomic mass is 16.6. The number of nitrogens with one attached hydrogen (secondary N) is 1. The molecule has 0 fully saturated rings. The van der Waals surface area contributed by atoms with E-state index in [2.05, 4.69) is 5.32 Å². The average Bonchev–Trinajstić information content (AvgIpc) is 2.20. The fraction of sp³-hybridized carbons (Fsp3) is 0.222. The van der Waals surface area contributed by atoms with Crippen molar-refractivity contribution >= 4 is 11.6 Å². The number of carbonyl (C=O) groups excluding carboxylic acids is 1. The molecule has 0 radical (unpaired) electrons. The number of aromatic hydroxyl groups is 1. The van der Waals surface area contributed by atoms with Crippen LogP contribution < -0.4 is 5.32 Å². The van der Waals surface area contributed by atoms with Crippen molar-refractivity contribution in [3.05, 3.63) is 33.9 Å². The number of benzene rings is 1. The van der Waals surface area contributed by atoms with E-state index in [1.165, 1.54) is 25.2 Å². The van der Waals surface area contributed by atoms with Crippen LogP contribution in [0.4, 0.5) is 5.69 Å². The van der Waals surface area contributed by atoms with E-state index in [0.29, 0.717) is 5.56 Å². The Bertz CT molecular complexity index is 403. The van der Waals surface area contributed by atoms with Crippen LogP contribution in [0.5, 0.6) is 5.75 Å². The zero-order valence-electron chi connectivity index (χ0n) is 8.06. The van der Waals surface area contributed by atoms with Crippen molar-refractivity contribution in [3.63, 3.8) is 0 Å². The molecule has 1 aromatic carbocycles. The number of likely N-dealkylation sites (N-methyl/N-ethyl adjacent to an activating group) is 1. The van der Waals surface area contributed by atoms with Crippen molar-refractivity contribution in [2.75, 3.05) is 7.05 Å². The topological polar surface area (TPSA) is 92.5 Å².